The van der Waals surface area contributed by atoms with Gasteiger partial charge in [0.05, 0.1) is 0 Å². The lowest BCUT2D eigenvalue weighted by molar-refractivity contribution is 0.657. The number of allylic oxidation sites excluding steroid dienone is 1. The number of unbranched alkanes of at least 4 members (excludes halogenated alkanes) is 1. The van der Waals surface area contributed by atoms with E-state index in [1.54, 1.807) is 0 Å². The number of rotatable bonds is 7. The van der Waals surface area contributed by atoms with Crippen molar-refractivity contribution < 1.29 is 0 Å². The molecule has 1 unspecified atom stereocenters. The van der Waals surface area contributed by atoms with Gasteiger partial charge in [0.2, 0.25) is 0 Å². The monoisotopic (exact) mass is 237 g/mol. The summed E-state index contributed by atoms with van der Waals surface area (Å²) in [5.41, 5.74) is 0. The molecule has 16 heavy (non-hydrogen) atoms. The summed E-state index contributed by atoms with van der Waals surface area (Å²) in [6.45, 7) is 6.01. The maximum Gasteiger partial charge on any atom is 0.191 e. The normalized spacial score (nSPS) is 17.3. The molecule has 1 saturated carbocycles. The Morgan fingerprint density at radius 2 is 2.50 bits per heavy atom. The molecule has 1 atom stereocenters. The Morgan fingerprint density at radius 1 is 1.69 bits per heavy atom. The van der Waals surface area contributed by atoms with E-state index >= 15 is 0 Å². The number of thioether (sulfide) groups is 1. The molecule has 1 aromatic rings. The van der Waals surface area contributed by atoms with Gasteiger partial charge < -0.3 is 4.57 Å². The second-order valence-corrected chi connectivity index (χ2v) is 5.81. The molecule has 0 N–H and O–H groups in total. The summed E-state index contributed by atoms with van der Waals surface area (Å²) >= 11 is 1.85. The van der Waals surface area contributed by atoms with E-state index in [0.717, 1.165) is 11.6 Å². The van der Waals surface area contributed by atoms with Gasteiger partial charge in [-0.15, -0.1) is 16.8 Å². The predicted molar refractivity (Wildman–Crippen MR) is 67.7 cm³/mol. The molecule has 0 aromatic carbocycles. The van der Waals surface area contributed by atoms with Crippen LogP contribution in [0.3, 0.4) is 0 Å². The molecule has 0 bridgehead atoms. The first-order valence-corrected chi connectivity index (χ1v) is 6.86. The molecule has 1 heterocycles. The Labute approximate surface area is 101 Å². The molecule has 0 aliphatic heterocycles. The average Bonchev–Trinajstić information content (AvgIpc) is 3.01. The second-order valence-electron chi connectivity index (χ2n) is 4.40. The van der Waals surface area contributed by atoms with Crippen LogP contribution in [0, 0.1) is 0 Å². The zero-order valence-corrected chi connectivity index (χ0v) is 10.6. The molecule has 88 valence electrons. The minimum Gasteiger partial charge on any atom is -0.306 e. The Morgan fingerprint density at radius 3 is 3.19 bits per heavy atom. The van der Waals surface area contributed by atoms with Gasteiger partial charge >= 0.3 is 0 Å². The van der Waals surface area contributed by atoms with Gasteiger partial charge in [0.1, 0.15) is 6.33 Å². The molecule has 4 heteroatoms. The molecule has 0 saturated heterocycles. The van der Waals surface area contributed by atoms with Gasteiger partial charge in [-0.05, 0) is 32.1 Å². The Bertz CT molecular complexity index is 344. The summed E-state index contributed by atoms with van der Waals surface area (Å²) < 4.78 is 2.23. The van der Waals surface area contributed by atoms with Crippen molar-refractivity contribution in [2.75, 3.05) is 0 Å². The summed E-state index contributed by atoms with van der Waals surface area (Å²) in [4.78, 5) is 0. The van der Waals surface area contributed by atoms with Crippen LogP contribution < -0.4 is 0 Å². The fraction of sp³-hybridized carbons (Fsp3) is 0.667. The van der Waals surface area contributed by atoms with Gasteiger partial charge in [-0.2, -0.15) is 0 Å². The smallest absolute Gasteiger partial charge is 0.191 e. The van der Waals surface area contributed by atoms with Gasteiger partial charge in [-0.25, -0.2) is 0 Å². The van der Waals surface area contributed by atoms with E-state index in [2.05, 4.69) is 28.3 Å². The summed E-state index contributed by atoms with van der Waals surface area (Å²) in [6.07, 6.45) is 9.98. The van der Waals surface area contributed by atoms with E-state index in [1.807, 2.05) is 24.2 Å². The molecule has 2 rings (SSSR count). The summed E-state index contributed by atoms with van der Waals surface area (Å²) in [5, 5.41) is 9.91. The first-order valence-electron chi connectivity index (χ1n) is 5.98. The van der Waals surface area contributed by atoms with Gasteiger partial charge in [-0.1, -0.05) is 24.8 Å². The summed E-state index contributed by atoms with van der Waals surface area (Å²) in [5.74, 6) is 0. The molecule has 0 radical (unpaired) electrons. The van der Waals surface area contributed by atoms with Crippen molar-refractivity contribution in [1.29, 1.82) is 0 Å². The van der Waals surface area contributed by atoms with Crippen molar-refractivity contribution in [3.05, 3.63) is 19.0 Å². The highest BCUT2D eigenvalue weighted by Gasteiger charge is 2.26. The van der Waals surface area contributed by atoms with Crippen LogP contribution in [0.4, 0.5) is 0 Å². The van der Waals surface area contributed by atoms with Crippen molar-refractivity contribution in [3.8, 4) is 0 Å². The van der Waals surface area contributed by atoms with Crippen LogP contribution in [-0.4, -0.2) is 20.0 Å². The number of hydrogen-bond acceptors (Lipinski definition) is 3. The Hall–Kier alpha value is -0.770. The molecule has 1 aliphatic rings. The standard InChI is InChI=1S/C12H19N3S/c1-3-4-5-6-10(2)16-12-14-13-9-15(12)11-7-8-11/h3,9-11H,1,4-8H2,2H3. The van der Waals surface area contributed by atoms with Crippen LogP contribution in [-0.2, 0) is 0 Å². The van der Waals surface area contributed by atoms with Gasteiger partial charge in [0.15, 0.2) is 5.16 Å². The first-order chi connectivity index (χ1) is 7.81. The number of aromatic nitrogens is 3. The molecular formula is C12H19N3S. The third kappa shape index (κ3) is 3.11. The first kappa shape index (κ1) is 11.7. The molecule has 0 amide bonds. The fourth-order valence-corrected chi connectivity index (χ4v) is 2.76. The lowest BCUT2D eigenvalue weighted by Gasteiger charge is -2.10. The second kappa shape index (κ2) is 5.53. The summed E-state index contributed by atoms with van der Waals surface area (Å²) in [6, 6.07) is 0.679. The lowest BCUT2D eigenvalue weighted by atomic mass is 10.2. The quantitative estimate of drug-likeness (QED) is 0.413. The van der Waals surface area contributed by atoms with E-state index in [-0.39, 0.29) is 0 Å². The van der Waals surface area contributed by atoms with Gasteiger partial charge in [-0.3, -0.25) is 0 Å². The SMILES string of the molecule is C=CCCCC(C)Sc1nncn1C1CC1. The molecule has 1 aliphatic carbocycles. The molecule has 1 aromatic heterocycles. The predicted octanol–water partition coefficient (Wildman–Crippen LogP) is 3.45. The zero-order chi connectivity index (χ0) is 11.4. The van der Waals surface area contributed by atoms with E-state index in [9.17, 15) is 0 Å². The minimum atomic E-state index is 0.613. The van der Waals surface area contributed by atoms with E-state index in [0.29, 0.717) is 11.3 Å². The van der Waals surface area contributed by atoms with Crippen LogP contribution in [0.5, 0.6) is 0 Å². The van der Waals surface area contributed by atoms with Crippen LogP contribution in [0.15, 0.2) is 24.1 Å². The third-order valence-electron chi connectivity index (χ3n) is 2.81. The zero-order valence-electron chi connectivity index (χ0n) is 9.80. The largest absolute Gasteiger partial charge is 0.306 e. The van der Waals surface area contributed by atoms with Crippen molar-refractivity contribution in [1.82, 2.24) is 14.8 Å². The summed E-state index contributed by atoms with van der Waals surface area (Å²) in [7, 11) is 0. The number of hydrogen-bond donors (Lipinski definition) is 0. The lowest BCUT2D eigenvalue weighted by Crippen LogP contribution is -2.01. The average molecular weight is 237 g/mol. The van der Waals surface area contributed by atoms with Crippen molar-refractivity contribution in [3.63, 3.8) is 0 Å². The van der Waals surface area contributed by atoms with Crippen LogP contribution in [0.2, 0.25) is 0 Å². The van der Waals surface area contributed by atoms with E-state index < -0.39 is 0 Å². The highest BCUT2D eigenvalue weighted by molar-refractivity contribution is 7.99. The fourth-order valence-electron chi connectivity index (χ4n) is 1.71. The Kier molecular flexibility index (Phi) is 4.04. The van der Waals surface area contributed by atoms with Crippen LogP contribution in [0.1, 0.15) is 45.1 Å². The van der Waals surface area contributed by atoms with Gasteiger partial charge in [0, 0.05) is 11.3 Å². The van der Waals surface area contributed by atoms with Crippen LogP contribution >= 0.6 is 11.8 Å². The highest BCUT2D eigenvalue weighted by Crippen LogP contribution is 2.38. The molecule has 3 nitrogen and oxygen atoms in total. The maximum atomic E-state index is 4.20. The van der Waals surface area contributed by atoms with Crippen LogP contribution in [0.25, 0.3) is 0 Å². The highest BCUT2D eigenvalue weighted by atomic mass is 32.2. The molecule has 1 fully saturated rings. The van der Waals surface area contributed by atoms with Gasteiger partial charge in [0.25, 0.3) is 0 Å². The van der Waals surface area contributed by atoms with Crippen molar-refractivity contribution >= 4 is 11.8 Å². The van der Waals surface area contributed by atoms with E-state index in [4.69, 9.17) is 0 Å². The van der Waals surface area contributed by atoms with Crippen molar-refractivity contribution in [2.24, 2.45) is 0 Å². The third-order valence-corrected chi connectivity index (χ3v) is 3.95. The van der Waals surface area contributed by atoms with E-state index in [1.165, 1.54) is 25.7 Å². The topological polar surface area (TPSA) is 30.7 Å². The Balaban J connectivity index is 1.82. The molecule has 0 spiro atoms. The number of nitrogens with zero attached hydrogens (tertiary/aromatic N) is 3. The molecular weight excluding hydrogens is 218 g/mol. The van der Waals surface area contributed by atoms with Crippen molar-refractivity contribution in [2.45, 2.75) is 55.5 Å². The maximum absolute atomic E-state index is 4.20. The minimum absolute atomic E-state index is 0.613.